The van der Waals surface area contributed by atoms with Crippen molar-refractivity contribution in [1.82, 2.24) is 9.88 Å². The number of hydrogen-bond donors (Lipinski definition) is 1. The number of carbonyl (C=O) groups is 1. The Hall–Kier alpha value is -1.62. The third-order valence-corrected chi connectivity index (χ3v) is 4.21. The maximum atomic E-state index is 11.3. The van der Waals surface area contributed by atoms with Gasteiger partial charge in [0, 0.05) is 31.4 Å². The van der Waals surface area contributed by atoms with E-state index in [1.54, 1.807) is 7.11 Å². The van der Waals surface area contributed by atoms with Crippen molar-refractivity contribution in [3.05, 3.63) is 22.9 Å². The Morgan fingerprint density at radius 2 is 2.19 bits per heavy atom. The zero-order valence-electron chi connectivity index (χ0n) is 13.2. The quantitative estimate of drug-likeness (QED) is 0.922. The molecule has 1 aromatic rings. The maximum Gasteiger partial charge on any atom is 0.307 e. The molecule has 1 aromatic heterocycles. The van der Waals surface area contributed by atoms with E-state index in [1.165, 1.54) is 5.56 Å². The largest absolute Gasteiger partial charge is 0.481 e. The van der Waals surface area contributed by atoms with Gasteiger partial charge in [-0.1, -0.05) is 6.92 Å². The first kappa shape index (κ1) is 15.8. The summed E-state index contributed by atoms with van der Waals surface area (Å²) in [5.41, 5.74) is 3.27. The highest BCUT2D eigenvalue weighted by Crippen LogP contribution is 2.25. The van der Waals surface area contributed by atoms with Crippen LogP contribution in [0.4, 0.5) is 0 Å². The van der Waals surface area contributed by atoms with Gasteiger partial charge in [-0.3, -0.25) is 9.69 Å². The fraction of sp³-hybridized carbons (Fsp3) is 0.625. The van der Waals surface area contributed by atoms with Crippen LogP contribution in [0.1, 0.15) is 30.2 Å². The van der Waals surface area contributed by atoms with E-state index in [0.29, 0.717) is 18.3 Å². The van der Waals surface area contributed by atoms with E-state index < -0.39 is 5.97 Å². The first-order valence-electron chi connectivity index (χ1n) is 7.37. The number of piperidine rings is 1. The summed E-state index contributed by atoms with van der Waals surface area (Å²) in [7, 11) is 1.62. The minimum absolute atomic E-state index is 0.263. The molecule has 0 aromatic carbocycles. The van der Waals surface area contributed by atoms with Crippen molar-refractivity contribution < 1.29 is 14.6 Å². The van der Waals surface area contributed by atoms with Gasteiger partial charge in [-0.25, -0.2) is 4.98 Å². The molecule has 21 heavy (non-hydrogen) atoms. The van der Waals surface area contributed by atoms with Crippen LogP contribution in [-0.2, 0) is 11.3 Å². The van der Waals surface area contributed by atoms with Crippen LogP contribution in [-0.4, -0.2) is 41.2 Å². The predicted molar refractivity (Wildman–Crippen MR) is 80.4 cm³/mol. The van der Waals surface area contributed by atoms with Crippen LogP contribution in [0.25, 0.3) is 0 Å². The molecule has 0 spiro atoms. The minimum atomic E-state index is -0.687. The van der Waals surface area contributed by atoms with Gasteiger partial charge in [0.1, 0.15) is 0 Å². The van der Waals surface area contributed by atoms with Crippen molar-refractivity contribution >= 4 is 5.97 Å². The average molecular weight is 292 g/mol. The Bertz CT molecular complexity index is 507. The third-order valence-electron chi connectivity index (χ3n) is 4.21. The lowest BCUT2D eigenvalue weighted by Crippen LogP contribution is -2.42. The number of aryl methyl sites for hydroxylation is 2. The normalized spacial score (nSPS) is 23.0. The highest BCUT2D eigenvalue weighted by Gasteiger charge is 2.29. The molecule has 2 heterocycles. The van der Waals surface area contributed by atoms with Gasteiger partial charge < -0.3 is 9.84 Å². The molecular weight excluding hydrogens is 268 g/mol. The predicted octanol–water partition coefficient (Wildman–Crippen LogP) is 2.25. The number of methoxy groups -OCH3 is 1. The standard InChI is InChI=1S/C16H24N2O3/c1-10-5-13(16(19)20)8-18(7-10)9-14-11(2)6-15(21-4)17-12(14)3/h6,10,13H,5,7-9H2,1-4H3,(H,19,20). The summed E-state index contributed by atoms with van der Waals surface area (Å²) in [5.74, 6) is 0.0873. The Morgan fingerprint density at radius 3 is 2.76 bits per heavy atom. The molecule has 0 bridgehead atoms. The Balaban J connectivity index is 2.16. The number of hydrogen-bond acceptors (Lipinski definition) is 4. The van der Waals surface area contributed by atoms with E-state index in [-0.39, 0.29) is 5.92 Å². The lowest BCUT2D eigenvalue weighted by molar-refractivity contribution is -0.144. The van der Waals surface area contributed by atoms with Gasteiger partial charge in [-0.2, -0.15) is 0 Å². The van der Waals surface area contributed by atoms with Crippen LogP contribution in [0.15, 0.2) is 6.07 Å². The van der Waals surface area contributed by atoms with Gasteiger partial charge >= 0.3 is 5.97 Å². The van der Waals surface area contributed by atoms with Crippen LogP contribution in [0.5, 0.6) is 5.88 Å². The second-order valence-corrected chi connectivity index (χ2v) is 6.12. The van der Waals surface area contributed by atoms with Crippen molar-refractivity contribution in [2.45, 2.75) is 33.7 Å². The lowest BCUT2D eigenvalue weighted by atomic mass is 9.90. The van der Waals surface area contributed by atoms with Gasteiger partial charge in [0.2, 0.25) is 5.88 Å². The number of aromatic nitrogens is 1. The third kappa shape index (κ3) is 3.73. The van der Waals surface area contributed by atoms with E-state index in [0.717, 1.165) is 30.8 Å². The van der Waals surface area contributed by atoms with Crippen LogP contribution in [0.2, 0.25) is 0 Å². The van der Waals surface area contributed by atoms with Gasteiger partial charge in [0.05, 0.1) is 13.0 Å². The van der Waals surface area contributed by atoms with Gasteiger partial charge in [-0.15, -0.1) is 0 Å². The number of likely N-dealkylation sites (tertiary alicyclic amines) is 1. The summed E-state index contributed by atoms with van der Waals surface area (Å²) in [6.45, 7) is 8.46. The molecule has 1 aliphatic rings. The van der Waals surface area contributed by atoms with Crippen LogP contribution in [0.3, 0.4) is 0 Å². The van der Waals surface area contributed by atoms with Gasteiger partial charge in [-0.05, 0) is 37.3 Å². The van der Waals surface area contributed by atoms with E-state index in [1.807, 2.05) is 13.0 Å². The van der Waals surface area contributed by atoms with Crippen LogP contribution < -0.4 is 4.74 Å². The lowest BCUT2D eigenvalue weighted by Gasteiger charge is -2.35. The average Bonchev–Trinajstić information content (AvgIpc) is 2.42. The molecule has 5 nitrogen and oxygen atoms in total. The molecular formula is C16H24N2O3. The molecule has 1 N–H and O–H groups in total. The SMILES string of the molecule is COc1cc(C)c(CN2CC(C)CC(C(=O)O)C2)c(C)n1. The second kappa shape index (κ2) is 6.43. The monoisotopic (exact) mass is 292 g/mol. The van der Waals surface area contributed by atoms with Crippen molar-refractivity contribution in [3.63, 3.8) is 0 Å². The van der Waals surface area contributed by atoms with Gasteiger partial charge in [0.25, 0.3) is 0 Å². The molecule has 0 saturated carbocycles. The summed E-state index contributed by atoms with van der Waals surface area (Å²) < 4.78 is 5.18. The van der Waals surface area contributed by atoms with Crippen LogP contribution in [0, 0.1) is 25.7 Å². The maximum absolute atomic E-state index is 11.3. The Kier molecular flexibility index (Phi) is 4.83. The first-order valence-corrected chi connectivity index (χ1v) is 7.37. The highest BCUT2D eigenvalue weighted by atomic mass is 16.5. The number of carboxylic acid groups (broad SMARTS) is 1. The zero-order chi connectivity index (χ0) is 15.6. The van der Waals surface area contributed by atoms with Crippen molar-refractivity contribution in [3.8, 4) is 5.88 Å². The number of ether oxygens (including phenoxy) is 1. The fourth-order valence-electron chi connectivity index (χ4n) is 3.16. The molecule has 5 heteroatoms. The number of rotatable bonds is 4. The molecule has 1 saturated heterocycles. The molecule has 2 atom stereocenters. The zero-order valence-corrected chi connectivity index (χ0v) is 13.2. The van der Waals surface area contributed by atoms with Crippen molar-refractivity contribution in [2.75, 3.05) is 20.2 Å². The van der Waals surface area contributed by atoms with E-state index in [9.17, 15) is 9.90 Å². The molecule has 0 amide bonds. The molecule has 0 aliphatic carbocycles. The number of pyridine rings is 1. The fourth-order valence-corrected chi connectivity index (χ4v) is 3.16. The molecule has 0 radical (unpaired) electrons. The summed E-state index contributed by atoms with van der Waals surface area (Å²) in [4.78, 5) is 17.9. The number of aliphatic carboxylic acids is 1. The summed E-state index contributed by atoms with van der Waals surface area (Å²) in [6.07, 6.45) is 0.769. The van der Waals surface area contributed by atoms with Gasteiger partial charge in [0.15, 0.2) is 0 Å². The van der Waals surface area contributed by atoms with Crippen molar-refractivity contribution in [1.29, 1.82) is 0 Å². The molecule has 2 rings (SSSR count). The molecule has 1 fully saturated rings. The summed E-state index contributed by atoms with van der Waals surface area (Å²) >= 11 is 0. The van der Waals surface area contributed by atoms with E-state index >= 15 is 0 Å². The summed E-state index contributed by atoms with van der Waals surface area (Å²) in [5, 5.41) is 9.26. The first-order chi connectivity index (χ1) is 9.90. The highest BCUT2D eigenvalue weighted by molar-refractivity contribution is 5.70. The molecule has 2 unspecified atom stereocenters. The number of nitrogens with zero attached hydrogens (tertiary/aromatic N) is 2. The number of carboxylic acids is 1. The van der Waals surface area contributed by atoms with E-state index in [4.69, 9.17) is 4.74 Å². The summed E-state index contributed by atoms with van der Waals surface area (Å²) in [6, 6.07) is 1.93. The topological polar surface area (TPSA) is 62.7 Å². The smallest absolute Gasteiger partial charge is 0.307 e. The molecule has 1 aliphatic heterocycles. The Labute approximate surface area is 125 Å². The molecule has 116 valence electrons. The van der Waals surface area contributed by atoms with Crippen LogP contribution >= 0.6 is 0 Å². The minimum Gasteiger partial charge on any atom is -0.481 e. The Morgan fingerprint density at radius 1 is 1.48 bits per heavy atom. The van der Waals surface area contributed by atoms with Crippen molar-refractivity contribution in [2.24, 2.45) is 11.8 Å². The second-order valence-electron chi connectivity index (χ2n) is 6.12. The van der Waals surface area contributed by atoms with E-state index in [2.05, 4.69) is 23.7 Å².